The van der Waals surface area contributed by atoms with Crippen LogP contribution in [0.2, 0.25) is 0 Å². The smallest absolute Gasteiger partial charge is 0.276 e. The molecule has 120 valence electrons. The van der Waals surface area contributed by atoms with Crippen molar-refractivity contribution < 1.29 is 9.53 Å². The van der Waals surface area contributed by atoms with Crippen LogP contribution in [0.15, 0.2) is 65.4 Å². The third kappa shape index (κ3) is 2.30. The van der Waals surface area contributed by atoms with Crippen molar-refractivity contribution in [1.82, 2.24) is 0 Å². The molecule has 2 aromatic carbocycles. The van der Waals surface area contributed by atoms with Gasteiger partial charge in [-0.3, -0.25) is 9.69 Å². The van der Waals surface area contributed by atoms with Crippen LogP contribution in [-0.4, -0.2) is 16.8 Å². The number of nitrogens with zero attached hydrogens (tertiary/aromatic N) is 2. The van der Waals surface area contributed by atoms with E-state index in [0.29, 0.717) is 21.7 Å². The SMILES string of the molecule is CCN1/C(=C2/SC(=S)N(c3ccccc3)C2=O)Oc2ccccc21. The third-order valence-corrected chi connectivity index (χ3v) is 5.25. The van der Waals surface area contributed by atoms with E-state index in [9.17, 15) is 4.79 Å². The van der Waals surface area contributed by atoms with Crippen molar-refractivity contribution in [2.75, 3.05) is 16.3 Å². The number of rotatable bonds is 2. The fourth-order valence-electron chi connectivity index (χ4n) is 2.81. The molecule has 2 aromatic rings. The minimum Gasteiger partial charge on any atom is -0.437 e. The van der Waals surface area contributed by atoms with Gasteiger partial charge in [0.2, 0.25) is 5.88 Å². The number of hydrogen-bond acceptors (Lipinski definition) is 5. The van der Waals surface area contributed by atoms with E-state index in [-0.39, 0.29) is 5.91 Å². The van der Waals surface area contributed by atoms with Crippen LogP contribution in [0.25, 0.3) is 0 Å². The zero-order valence-corrected chi connectivity index (χ0v) is 14.6. The minimum atomic E-state index is -0.141. The molecule has 2 heterocycles. The average Bonchev–Trinajstić information content (AvgIpc) is 3.12. The normalized spacial score (nSPS) is 19.7. The van der Waals surface area contributed by atoms with Crippen LogP contribution in [0.1, 0.15) is 6.92 Å². The number of carbonyl (C=O) groups excluding carboxylic acids is 1. The van der Waals surface area contributed by atoms with Gasteiger partial charge in [0, 0.05) is 6.54 Å². The van der Waals surface area contributed by atoms with Crippen molar-refractivity contribution in [3.63, 3.8) is 0 Å². The van der Waals surface area contributed by atoms with E-state index in [0.717, 1.165) is 17.1 Å². The van der Waals surface area contributed by atoms with Crippen LogP contribution < -0.4 is 14.5 Å². The molecule has 2 aliphatic rings. The zero-order valence-electron chi connectivity index (χ0n) is 12.9. The number of fused-ring (bicyclic) bond motifs is 1. The van der Waals surface area contributed by atoms with Gasteiger partial charge in [0.05, 0.1) is 11.4 Å². The Hall–Kier alpha value is -2.31. The summed E-state index contributed by atoms with van der Waals surface area (Å²) in [6.07, 6.45) is 0. The summed E-state index contributed by atoms with van der Waals surface area (Å²) >= 11 is 6.72. The summed E-state index contributed by atoms with van der Waals surface area (Å²) in [5, 5.41) is 0. The maximum Gasteiger partial charge on any atom is 0.276 e. The molecule has 24 heavy (non-hydrogen) atoms. The summed E-state index contributed by atoms with van der Waals surface area (Å²) < 4.78 is 6.49. The summed E-state index contributed by atoms with van der Waals surface area (Å²) in [6.45, 7) is 2.74. The molecule has 0 radical (unpaired) electrons. The summed E-state index contributed by atoms with van der Waals surface area (Å²) in [5.74, 6) is 1.19. The van der Waals surface area contributed by atoms with Gasteiger partial charge in [-0.1, -0.05) is 42.5 Å². The molecular formula is C18H14N2O2S2. The Balaban J connectivity index is 1.77. The van der Waals surface area contributed by atoms with Gasteiger partial charge in [0.15, 0.2) is 10.1 Å². The lowest BCUT2D eigenvalue weighted by molar-refractivity contribution is -0.113. The van der Waals surface area contributed by atoms with Gasteiger partial charge in [-0.25, -0.2) is 0 Å². The Morgan fingerprint density at radius 1 is 1.08 bits per heavy atom. The highest BCUT2D eigenvalue weighted by Gasteiger charge is 2.40. The lowest BCUT2D eigenvalue weighted by atomic mass is 10.3. The van der Waals surface area contributed by atoms with Crippen LogP contribution in [0.5, 0.6) is 5.75 Å². The molecule has 4 rings (SSSR count). The van der Waals surface area contributed by atoms with Crippen LogP contribution in [-0.2, 0) is 4.79 Å². The molecule has 0 aliphatic carbocycles. The predicted molar refractivity (Wildman–Crippen MR) is 101 cm³/mol. The van der Waals surface area contributed by atoms with Crippen LogP contribution in [0.3, 0.4) is 0 Å². The number of amides is 1. The second-order valence-electron chi connectivity index (χ2n) is 5.29. The molecule has 0 bridgehead atoms. The van der Waals surface area contributed by atoms with Crippen molar-refractivity contribution >= 4 is 45.6 Å². The number of anilines is 2. The second kappa shape index (κ2) is 5.96. The summed E-state index contributed by atoms with van der Waals surface area (Å²) in [7, 11) is 0. The topological polar surface area (TPSA) is 32.8 Å². The number of hydrogen-bond donors (Lipinski definition) is 0. The Morgan fingerprint density at radius 2 is 1.79 bits per heavy atom. The van der Waals surface area contributed by atoms with Crippen molar-refractivity contribution in [2.24, 2.45) is 0 Å². The first-order valence-electron chi connectivity index (χ1n) is 7.60. The lowest BCUT2D eigenvalue weighted by Gasteiger charge is -2.17. The number of benzene rings is 2. The number of thiocarbonyl (C=S) groups is 1. The third-order valence-electron chi connectivity index (χ3n) is 3.90. The molecule has 6 heteroatoms. The molecule has 0 saturated carbocycles. The van der Waals surface area contributed by atoms with Crippen molar-refractivity contribution in [3.8, 4) is 5.75 Å². The fraction of sp³-hybridized carbons (Fsp3) is 0.111. The number of para-hydroxylation sites is 3. The predicted octanol–water partition coefficient (Wildman–Crippen LogP) is 4.14. The highest BCUT2D eigenvalue weighted by atomic mass is 32.2. The number of carbonyl (C=O) groups is 1. The number of thioether (sulfide) groups is 1. The Morgan fingerprint density at radius 3 is 2.54 bits per heavy atom. The highest BCUT2D eigenvalue weighted by molar-refractivity contribution is 8.27. The Labute approximate surface area is 149 Å². The van der Waals surface area contributed by atoms with E-state index >= 15 is 0 Å². The second-order valence-corrected chi connectivity index (χ2v) is 6.94. The molecule has 0 aromatic heterocycles. The van der Waals surface area contributed by atoms with Gasteiger partial charge in [-0.15, -0.1) is 0 Å². The Kier molecular flexibility index (Phi) is 3.78. The van der Waals surface area contributed by atoms with Gasteiger partial charge in [0.25, 0.3) is 5.91 Å². The fourth-order valence-corrected chi connectivity index (χ4v) is 4.12. The quantitative estimate of drug-likeness (QED) is 0.598. The van der Waals surface area contributed by atoms with Gasteiger partial charge < -0.3 is 9.64 Å². The van der Waals surface area contributed by atoms with E-state index in [1.807, 2.05) is 66.4 Å². The molecule has 0 atom stereocenters. The van der Waals surface area contributed by atoms with Gasteiger partial charge in [-0.05, 0) is 43.0 Å². The van der Waals surface area contributed by atoms with Crippen molar-refractivity contribution in [3.05, 3.63) is 65.4 Å². The summed E-state index contributed by atoms with van der Waals surface area (Å²) in [6, 6.07) is 17.2. The standard InChI is InChI=1S/C18H14N2O2S2/c1-2-19-13-10-6-7-11-14(13)22-17(19)15-16(21)20(18(23)24-15)12-8-4-3-5-9-12/h3-11H,2H2,1H3/b17-15-. The number of ether oxygens (including phenoxy) is 1. The van der Waals surface area contributed by atoms with E-state index in [1.165, 1.54) is 11.8 Å². The minimum absolute atomic E-state index is 0.141. The van der Waals surface area contributed by atoms with E-state index < -0.39 is 0 Å². The molecule has 1 fully saturated rings. The van der Waals surface area contributed by atoms with Gasteiger partial charge >= 0.3 is 0 Å². The molecule has 4 nitrogen and oxygen atoms in total. The molecular weight excluding hydrogens is 340 g/mol. The van der Waals surface area contributed by atoms with Crippen LogP contribution >= 0.6 is 24.0 Å². The van der Waals surface area contributed by atoms with Crippen molar-refractivity contribution in [1.29, 1.82) is 0 Å². The zero-order chi connectivity index (χ0) is 16.7. The first-order valence-corrected chi connectivity index (χ1v) is 8.83. The van der Waals surface area contributed by atoms with Crippen LogP contribution in [0, 0.1) is 0 Å². The largest absolute Gasteiger partial charge is 0.437 e. The average molecular weight is 354 g/mol. The van der Waals surface area contributed by atoms with E-state index in [2.05, 4.69) is 0 Å². The maximum absolute atomic E-state index is 13.0. The molecule has 0 N–H and O–H groups in total. The monoisotopic (exact) mass is 354 g/mol. The van der Waals surface area contributed by atoms with E-state index in [4.69, 9.17) is 17.0 Å². The molecule has 1 saturated heterocycles. The lowest BCUT2D eigenvalue weighted by Crippen LogP contribution is -2.29. The molecule has 0 unspecified atom stereocenters. The molecule has 1 amide bonds. The highest BCUT2D eigenvalue weighted by Crippen LogP contribution is 2.44. The first-order chi connectivity index (χ1) is 11.7. The Bertz CT molecular complexity index is 864. The first kappa shape index (κ1) is 15.2. The molecule has 2 aliphatic heterocycles. The molecule has 0 spiro atoms. The summed E-state index contributed by atoms with van der Waals surface area (Å²) in [4.78, 5) is 17.1. The van der Waals surface area contributed by atoms with E-state index in [1.54, 1.807) is 4.90 Å². The van der Waals surface area contributed by atoms with Gasteiger partial charge in [-0.2, -0.15) is 0 Å². The van der Waals surface area contributed by atoms with Crippen LogP contribution in [0.4, 0.5) is 11.4 Å². The van der Waals surface area contributed by atoms with Crippen molar-refractivity contribution in [2.45, 2.75) is 6.92 Å². The summed E-state index contributed by atoms with van der Waals surface area (Å²) in [5.41, 5.74) is 1.74. The van der Waals surface area contributed by atoms with Gasteiger partial charge in [0.1, 0.15) is 4.91 Å². The maximum atomic E-state index is 13.0.